The van der Waals surface area contributed by atoms with Crippen molar-refractivity contribution in [1.82, 2.24) is 5.32 Å². The summed E-state index contributed by atoms with van der Waals surface area (Å²) in [5, 5.41) is 3.39. The first-order valence-corrected chi connectivity index (χ1v) is 6.73. The fourth-order valence-corrected chi connectivity index (χ4v) is 3.63. The van der Waals surface area contributed by atoms with E-state index in [9.17, 15) is 0 Å². The normalized spacial score (nSPS) is 13.1. The monoisotopic (exact) mass is 275 g/mol. The molecule has 80 valence electrons. The topological polar surface area (TPSA) is 12.0 Å². The minimum Gasteiger partial charge on any atom is -0.312 e. The zero-order valence-corrected chi connectivity index (χ0v) is 11.5. The summed E-state index contributed by atoms with van der Waals surface area (Å²) in [7, 11) is 2.04. The Balaban J connectivity index is 2.72. The average molecular weight is 276 g/mol. The van der Waals surface area contributed by atoms with Crippen LogP contribution in [0.5, 0.6) is 0 Å². The molecule has 1 nitrogen and oxygen atoms in total. The van der Waals surface area contributed by atoms with Crippen LogP contribution in [0.2, 0.25) is 0 Å². The predicted molar refractivity (Wildman–Crippen MR) is 68.1 cm³/mol. The van der Waals surface area contributed by atoms with E-state index in [1.807, 2.05) is 18.4 Å². The van der Waals surface area contributed by atoms with Crippen LogP contribution in [0.3, 0.4) is 0 Å². The van der Waals surface area contributed by atoms with Crippen LogP contribution >= 0.6 is 27.3 Å². The molecular weight excluding hydrogens is 258 g/mol. The molecule has 0 aliphatic rings. The largest absolute Gasteiger partial charge is 0.312 e. The third-order valence-electron chi connectivity index (χ3n) is 2.35. The summed E-state index contributed by atoms with van der Waals surface area (Å²) in [6, 6.07) is 2.72. The first kappa shape index (κ1) is 12.2. The molecule has 1 rings (SSSR count). The second kappa shape index (κ2) is 5.89. The van der Waals surface area contributed by atoms with E-state index in [1.54, 1.807) is 0 Å². The highest BCUT2D eigenvalue weighted by Gasteiger charge is 2.14. The van der Waals surface area contributed by atoms with Gasteiger partial charge in [0.05, 0.1) is 0 Å². The number of unbranched alkanes of at least 4 members (excludes halogenated alkanes) is 1. The van der Waals surface area contributed by atoms with E-state index in [4.69, 9.17) is 0 Å². The quantitative estimate of drug-likeness (QED) is 0.846. The average Bonchev–Trinajstić information content (AvgIpc) is 2.47. The van der Waals surface area contributed by atoms with Crippen molar-refractivity contribution in [2.45, 2.75) is 39.2 Å². The second-order valence-electron chi connectivity index (χ2n) is 3.55. The molecule has 0 spiro atoms. The van der Waals surface area contributed by atoms with E-state index in [0.717, 1.165) is 0 Å². The molecule has 0 aliphatic heterocycles. The van der Waals surface area contributed by atoms with E-state index >= 15 is 0 Å². The van der Waals surface area contributed by atoms with Crippen molar-refractivity contribution in [1.29, 1.82) is 0 Å². The lowest BCUT2D eigenvalue weighted by atomic mass is 10.1. The molecule has 14 heavy (non-hydrogen) atoms. The van der Waals surface area contributed by atoms with Gasteiger partial charge in [0.1, 0.15) is 0 Å². The molecule has 3 heteroatoms. The fraction of sp³-hybridized carbons (Fsp3) is 0.636. The molecule has 1 aromatic heterocycles. The van der Waals surface area contributed by atoms with E-state index < -0.39 is 0 Å². The molecule has 0 aromatic carbocycles. The Morgan fingerprint density at radius 2 is 2.29 bits per heavy atom. The summed E-state index contributed by atoms with van der Waals surface area (Å²) < 4.78 is 1.26. The number of halogens is 1. The van der Waals surface area contributed by atoms with Crippen molar-refractivity contribution in [2.24, 2.45) is 0 Å². The van der Waals surface area contributed by atoms with Gasteiger partial charge in [-0.25, -0.2) is 0 Å². The summed E-state index contributed by atoms with van der Waals surface area (Å²) in [5.74, 6) is 0. The van der Waals surface area contributed by atoms with Gasteiger partial charge >= 0.3 is 0 Å². The van der Waals surface area contributed by atoms with Gasteiger partial charge in [0.2, 0.25) is 0 Å². The van der Waals surface area contributed by atoms with E-state index in [1.165, 1.54) is 33.5 Å². The van der Waals surface area contributed by atoms with Gasteiger partial charge in [0.15, 0.2) is 0 Å². The summed E-state index contributed by atoms with van der Waals surface area (Å²) in [4.78, 5) is 2.82. The standard InChI is InChI=1S/C11H18BrNS/c1-4-5-6-10(13-3)11-9(12)7-8(2)14-11/h7,10,13H,4-6H2,1-3H3. The fourth-order valence-electron chi connectivity index (χ4n) is 1.55. The van der Waals surface area contributed by atoms with E-state index in [0.29, 0.717) is 6.04 Å². The maximum absolute atomic E-state index is 3.62. The molecule has 1 aromatic rings. The number of hydrogen-bond donors (Lipinski definition) is 1. The molecule has 0 radical (unpaired) electrons. The Morgan fingerprint density at radius 3 is 2.71 bits per heavy atom. The van der Waals surface area contributed by atoms with Crippen molar-refractivity contribution >= 4 is 27.3 Å². The number of aryl methyl sites for hydroxylation is 1. The van der Waals surface area contributed by atoms with Crippen LogP contribution in [0.15, 0.2) is 10.5 Å². The molecule has 0 amide bonds. The SMILES string of the molecule is CCCCC(NC)c1sc(C)cc1Br. The zero-order valence-electron chi connectivity index (χ0n) is 9.06. The molecule has 1 N–H and O–H groups in total. The Morgan fingerprint density at radius 1 is 1.57 bits per heavy atom. The van der Waals surface area contributed by atoms with Crippen LogP contribution in [0.25, 0.3) is 0 Å². The van der Waals surface area contributed by atoms with Crippen molar-refractivity contribution in [3.05, 3.63) is 20.3 Å². The molecule has 0 bridgehead atoms. The van der Waals surface area contributed by atoms with Gasteiger partial charge in [0, 0.05) is 20.3 Å². The maximum atomic E-state index is 3.62. The third kappa shape index (κ3) is 3.07. The van der Waals surface area contributed by atoms with Crippen molar-refractivity contribution in [3.63, 3.8) is 0 Å². The molecule has 0 fully saturated rings. The van der Waals surface area contributed by atoms with Crippen LogP contribution in [0.1, 0.15) is 42.0 Å². The first-order chi connectivity index (χ1) is 6.69. The predicted octanol–water partition coefficient (Wildman–Crippen LogP) is 4.27. The van der Waals surface area contributed by atoms with Crippen molar-refractivity contribution in [2.75, 3.05) is 7.05 Å². The number of nitrogens with one attached hydrogen (secondary N) is 1. The highest BCUT2D eigenvalue weighted by atomic mass is 79.9. The Bertz CT molecular complexity index is 283. The van der Waals surface area contributed by atoms with Gasteiger partial charge in [0.25, 0.3) is 0 Å². The Kier molecular flexibility index (Phi) is 5.13. The van der Waals surface area contributed by atoms with Crippen LogP contribution in [0.4, 0.5) is 0 Å². The number of rotatable bonds is 5. The smallest absolute Gasteiger partial charge is 0.0423 e. The van der Waals surface area contributed by atoms with Crippen LogP contribution in [-0.2, 0) is 0 Å². The zero-order chi connectivity index (χ0) is 10.6. The highest BCUT2D eigenvalue weighted by molar-refractivity contribution is 9.10. The van der Waals surface area contributed by atoms with Crippen LogP contribution in [0, 0.1) is 6.92 Å². The minimum absolute atomic E-state index is 0.517. The lowest BCUT2D eigenvalue weighted by Gasteiger charge is -2.14. The highest BCUT2D eigenvalue weighted by Crippen LogP contribution is 2.34. The van der Waals surface area contributed by atoms with Gasteiger partial charge in [-0.2, -0.15) is 0 Å². The summed E-state index contributed by atoms with van der Waals surface area (Å²) >= 11 is 5.51. The van der Waals surface area contributed by atoms with Crippen LogP contribution in [-0.4, -0.2) is 7.05 Å². The molecule has 0 aliphatic carbocycles. The van der Waals surface area contributed by atoms with Gasteiger partial charge in [-0.15, -0.1) is 11.3 Å². The lowest BCUT2D eigenvalue weighted by molar-refractivity contribution is 0.529. The Labute approximate surface area is 99.0 Å². The maximum Gasteiger partial charge on any atom is 0.0423 e. The van der Waals surface area contributed by atoms with Crippen molar-refractivity contribution in [3.8, 4) is 0 Å². The van der Waals surface area contributed by atoms with Gasteiger partial charge in [-0.1, -0.05) is 19.8 Å². The Hall–Kier alpha value is 0.140. The van der Waals surface area contributed by atoms with E-state index in [2.05, 4.69) is 41.2 Å². The summed E-state index contributed by atoms with van der Waals surface area (Å²) in [6.45, 7) is 4.40. The number of thiophene rings is 1. The molecule has 0 saturated heterocycles. The first-order valence-electron chi connectivity index (χ1n) is 5.12. The molecule has 1 unspecified atom stereocenters. The van der Waals surface area contributed by atoms with Gasteiger partial charge in [-0.3, -0.25) is 0 Å². The van der Waals surface area contributed by atoms with Crippen LogP contribution < -0.4 is 5.32 Å². The van der Waals surface area contributed by atoms with Gasteiger partial charge in [-0.05, 0) is 42.4 Å². The van der Waals surface area contributed by atoms with E-state index in [-0.39, 0.29) is 0 Å². The lowest BCUT2D eigenvalue weighted by Crippen LogP contribution is -2.15. The summed E-state index contributed by atoms with van der Waals surface area (Å²) in [6.07, 6.45) is 3.78. The third-order valence-corrected chi connectivity index (χ3v) is 4.43. The summed E-state index contributed by atoms with van der Waals surface area (Å²) in [5.41, 5.74) is 0. The molecule has 1 atom stereocenters. The molecular formula is C11H18BrNS. The molecule has 0 saturated carbocycles. The van der Waals surface area contributed by atoms with Gasteiger partial charge < -0.3 is 5.32 Å². The number of hydrogen-bond acceptors (Lipinski definition) is 2. The molecule has 1 heterocycles. The minimum atomic E-state index is 0.517. The van der Waals surface area contributed by atoms with Crippen molar-refractivity contribution < 1.29 is 0 Å². The second-order valence-corrected chi connectivity index (χ2v) is 5.69.